The highest BCUT2D eigenvalue weighted by molar-refractivity contribution is 5.97. The van der Waals surface area contributed by atoms with E-state index in [0.717, 1.165) is 55.8 Å². The number of ether oxygens (including phenoxy) is 1. The van der Waals surface area contributed by atoms with E-state index in [0.29, 0.717) is 24.2 Å². The minimum absolute atomic E-state index is 0.0356. The Morgan fingerprint density at radius 3 is 2.70 bits per heavy atom. The van der Waals surface area contributed by atoms with Gasteiger partial charge in [-0.3, -0.25) is 14.5 Å². The molecule has 0 unspecified atom stereocenters. The smallest absolute Gasteiger partial charge is 0.252 e. The molecule has 0 radical (unpaired) electrons. The Kier molecular flexibility index (Phi) is 3.87. The Morgan fingerprint density at radius 2 is 2.00 bits per heavy atom. The molecule has 7 rings (SSSR count). The molecule has 1 saturated heterocycles. The number of benzene rings is 1. The number of amides is 2. The minimum atomic E-state index is -0.940. The molecule has 4 N–H and O–H groups in total. The number of hydrogen-bond acceptors (Lipinski definition) is 5. The molecule has 0 aromatic heterocycles. The minimum Gasteiger partial charge on any atom is -0.486 e. The first kappa shape index (κ1) is 20.3. The molecule has 4 fully saturated rings. The van der Waals surface area contributed by atoms with E-state index in [1.165, 1.54) is 12.8 Å². The maximum Gasteiger partial charge on any atom is 0.252 e. The predicted molar refractivity (Wildman–Crippen MR) is 121 cm³/mol. The number of nitrogens with one attached hydrogen (secondary N) is 1. The standard InChI is InChI=1S/C26H33N3O4/c1-24(8-9-24)23(31)28-17-6-7-26(32)18-12-15-4-5-16(22(27)30)20-19(15)25(26,21(17)33-20)10-11-29(18)13-14-2-3-14/h4-5,14,17-18,21,32H,2-3,6-13H2,1H3,(H2,27,30)(H,28,31)/t17-,18-,21+,25+,26-/m1/s1. The maximum absolute atomic E-state index is 13.0. The quantitative estimate of drug-likeness (QED) is 0.631. The van der Waals surface area contributed by atoms with E-state index in [1.54, 1.807) is 6.07 Å². The van der Waals surface area contributed by atoms with Gasteiger partial charge in [0.2, 0.25) is 5.91 Å². The van der Waals surface area contributed by atoms with E-state index in [4.69, 9.17) is 10.5 Å². The van der Waals surface area contributed by atoms with Crippen molar-refractivity contribution in [2.45, 2.75) is 87.5 Å². The Bertz CT molecular complexity index is 1080. The van der Waals surface area contributed by atoms with Gasteiger partial charge in [0.25, 0.3) is 5.91 Å². The number of carbonyl (C=O) groups excluding carboxylic acids is 2. The van der Waals surface area contributed by atoms with Crippen LogP contribution in [0, 0.1) is 11.3 Å². The zero-order valence-electron chi connectivity index (χ0n) is 19.2. The number of likely N-dealkylation sites (tertiary alicyclic amines) is 1. The van der Waals surface area contributed by atoms with Crippen LogP contribution in [0.1, 0.15) is 73.4 Å². The van der Waals surface area contributed by atoms with E-state index < -0.39 is 16.9 Å². The molecule has 176 valence electrons. The van der Waals surface area contributed by atoms with Crippen molar-refractivity contribution in [3.63, 3.8) is 0 Å². The van der Waals surface area contributed by atoms with Gasteiger partial charge in [0.1, 0.15) is 11.9 Å². The second-order valence-corrected chi connectivity index (χ2v) is 11.9. The average Bonchev–Trinajstić information content (AvgIpc) is 3.69. The van der Waals surface area contributed by atoms with Gasteiger partial charge in [-0.1, -0.05) is 13.0 Å². The molecule has 1 aromatic rings. The van der Waals surface area contributed by atoms with E-state index >= 15 is 0 Å². The van der Waals surface area contributed by atoms with Gasteiger partial charge in [-0.2, -0.15) is 0 Å². The highest BCUT2D eigenvalue weighted by Gasteiger charge is 2.73. The van der Waals surface area contributed by atoms with Crippen LogP contribution in [-0.4, -0.2) is 58.7 Å². The van der Waals surface area contributed by atoms with Gasteiger partial charge in [0, 0.05) is 23.6 Å². The lowest BCUT2D eigenvalue weighted by atomic mass is 9.48. The van der Waals surface area contributed by atoms with Crippen LogP contribution >= 0.6 is 0 Å². The monoisotopic (exact) mass is 451 g/mol. The summed E-state index contributed by atoms with van der Waals surface area (Å²) in [5.41, 5.74) is 6.45. The molecule has 4 aliphatic carbocycles. The zero-order valence-corrected chi connectivity index (χ0v) is 19.2. The van der Waals surface area contributed by atoms with Crippen molar-refractivity contribution in [1.82, 2.24) is 10.2 Å². The van der Waals surface area contributed by atoms with Crippen LogP contribution in [0.4, 0.5) is 0 Å². The van der Waals surface area contributed by atoms with Crippen LogP contribution in [0.3, 0.4) is 0 Å². The van der Waals surface area contributed by atoms with E-state index in [1.807, 2.05) is 13.0 Å². The van der Waals surface area contributed by atoms with Gasteiger partial charge < -0.3 is 20.9 Å². The molecule has 2 aliphatic heterocycles. The van der Waals surface area contributed by atoms with Crippen molar-refractivity contribution in [2.75, 3.05) is 13.1 Å². The number of nitrogens with two attached hydrogens (primary N) is 1. The molecule has 7 heteroatoms. The van der Waals surface area contributed by atoms with Crippen molar-refractivity contribution in [3.05, 3.63) is 28.8 Å². The van der Waals surface area contributed by atoms with E-state index in [2.05, 4.69) is 10.2 Å². The highest BCUT2D eigenvalue weighted by Crippen LogP contribution is 2.64. The topological polar surface area (TPSA) is 105 Å². The predicted octanol–water partition coefficient (Wildman–Crippen LogP) is 1.63. The SMILES string of the molecule is CC1(C(=O)N[C@@H]2CC[C@@]3(O)[C@H]4Cc5ccc(C(N)=O)c6c5[C@@]3(CCN4CC3CC3)[C@H]2O6)CC1. The van der Waals surface area contributed by atoms with Crippen LogP contribution in [0.25, 0.3) is 0 Å². The van der Waals surface area contributed by atoms with E-state index in [9.17, 15) is 14.7 Å². The first-order chi connectivity index (χ1) is 15.8. The van der Waals surface area contributed by atoms with Gasteiger partial charge in [-0.15, -0.1) is 0 Å². The van der Waals surface area contributed by atoms with Gasteiger partial charge >= 0.3 is 0 Å². The summed E-state index contributed by atoms with van der Waals surface area (Å²) in [7, 11) is 0. The Labute approximate surface area is 194 Å². The Hall–Kier alpha value is -2.12. The van der Waals surface area contributed by atoms with E-state index in [-0.39, 0.29) is 29.5 Å². The number of carbonyl (C=O) groups is 2. The zero-order chi connectivity index (χ0) is 22.8. The van der Waals surface area contributed by atoms with Crippen molar-refractivity contribution >= 4 is 11.8 Å². The lowest BCUT2D eigenvalue weighted by molar-refractivity contribution is -0.192. The molecule has 2 bridgehead atoms. The first-order valence-electron chi connectivity index (χ1n) is 12.7. The average molecular weight is 452 g/mol. The van der Waals surface area contributed by atoms with Crippen molar-refractivity contribution in [1.29, 1.82) is 0 Å². The van der Waals surface area contributed by atoms with Crippen LogP contribution in [0.5, 0.6) is 5.75 Å². The van der Waals surface area contributed by atoms with Crippen molar-refractivity contribution in [3.8, 4) is 5.75 Å². The number of hydrogen-bond donors (Lipinski definition) is 3. The van der Waals surface area contributed by atoms with Gasteiger partial charge in [0.05, 0.1) is 22.6 Å². The summed E-state index contributed by atoms with van der Waals surface area (Å²) in [6.07, 6.45) is 6.85. The van der Waals surface area contributed by atoms with Gasteiger partial charge in [-0.05, 0) is 75.5 Å². The Balaban J connectivity index is 1.35. The molecule has 33 heavy (non-hydrogen) atoms. The summed E-state index contributed by atoms with van der Waals surface area (Å²) < 4.78 is 6.62. The second kappa shape index (κ2) is 6.30. The second-order valence-electron chi connectivity index (χ2n) is 11.9. The molecule has 2 amide bonds. The summed E-state index contributed by atoms with van der Waals surface area (Å²) in [6, 6.07) is 3.65. The van der Waals surface area contributed by atoms with Crippen LogP contribution in [0.15, 0.2) is 12.1 Å². The van der Waals surface area contributed by atoms with Crippen LogP contribution in [-0.2, 0) is 16.6 Å². The third-order valence-electron chi connectivity index (χ3n) is 9.91. The number of primary amides is 1. The third kappa shape index (κ3) is 2.53. The van der Waals surface area contributed by atoms with Gasteiger partial charge in [0.15, 0.2) is 0 Å². The van der Waals surface area contributed by atoms with Gasteiger partial charge in [-0.25, -0.2) is 0 Å². The lowest BCUT2D eigenvalue weighted by Crippen LogP contribution is -2.78. The maximum atomic E-state index is 13.0. The fraction of sp³-hybridized carbons (Fsp3) is 0.692. The van der Waals surface area contributed by atoms with Crippen LogP contribution < -0.4 is 15.8 Å². The fourth-order valence-corrected chi connectivity index (χ4v) is 7.59. The molecule has 3 saturated carbocycles. The molecule has 7 nitrogen and oxygen atoms in total. The van der Waals surface area contributed by atoms with Crippen LogP contribution in [0.2, 0.25) is 0 Å². The summed E-state index contributed by atoms with van der Waals surface area (Å²) in [4.78, 5) is 27.8. The lowest BCUT2D eigenvalue weighted by Gasteiger charge is -2.64. The summed E-state index contributed by atoms with van der Waals surface area (Å²) in [5, 5.41) is 15.8. The third-order valence-corrected chi connectivity index (χ3v) is 9.91. The van der Waals surface area contributed by atoms with Crippen molar-refractivity contribution in [2.24, 2.45) is 17.1 Å². The summed E-state index contributed by atoms with van der Waals surface area (Å²) in [5.74, 6) is 0.882. The first-order valence-corrected chi connectivity index (χ1v) is 12.7. The largest absolute Gasteiger partial charge is 0.486 e. The molecular formula is C26H33N3O4. The van der Waals surface area contributed by atoms with Crippen molar-refractivity contribution < 1.29 is 19.4 Å². The number of aliphatic hydroxyl groups is 1. The molecule has 6 aliphatic rings. The summed E-state index contributed by atoms with van der Waals surface area (Å²) in [6.45, 7) is 3.97. The molecule has 1 spiro atoms. The number of piperidine rings is 1. The number of nitrogens with zero attached hydrogens (tertiary/aromatic N) is 1. The molecule has 5 atom stereocenters. The number of rotatable bonds is 5. The molecule has 1 aromatic carbocycles. The fourth-order valence-electron chi connectivity index (χ4n) is 7.59. The highest BCUT2D eigenvalue weighted by atomic mass is 16.5. The molecular weight excluding hydrogens is 418 g/mol. The summed E-state index contributed by atoms with van der Waals surface area (Å²) >= 11 is 0. The Morgan fingerprint density at radius 1 is 1.21 bits per heavy atom. The normalized spacial score (nSPS) is 39.4. The molecule has 2 heterocycles.